The van der Waals surface area contributed by atoms with Crippen molar-refractivity contribution in [1.29, 1.82) is 0 Å². The van der Waals surface area contributed by atoms with Crippen LogP contribution in [0.2, 0.25) is 0 Å². The Morgan fingerprint density at radius 3 is 2.00 bits per heavy atom. The largest absolute Gasteiger partial charge is 0.505 e. The summed E-state index contributed by atoms with van der Waals surface area (Å²) in [7, 11) is 4.00. The third kappa shape index (κ3) is 5.06. The Labute approximate surface area is 186 Å². The van der Waals surface area contributed by atoms with Crippen molar-refractivity contribution in [2.45, 2.75) is 19.3 Å². The van der Waals surface area contributed by atoms with Gasteiger partial charge in [0, 0.05) is 6.42 Å². The first-order valence-electron chi connectivity index (χ1n) is 10.1. The molecule has 32 heavy (non-hydrogen) atoms. The van der Waals surface area contributed by atoms with E-state index in [4.69, 9.17) is 14.2 Å². The van der Waals surface area contributed by atoms with Gasteiger partial charge in [-0.05, 0) is 36.1 Å². The molecule has 166 valence electrons. The number of nitrogens with zero attached hydrogens (tertiary/aromatic N) is 1. The van der Waals surface area contributed by atoms with Gasteiger partial charge in [0.1, 0.15) is 11.3 Å². The average Bonchev–Trinajstić information content (AvgIpc) is 2.84. The number of esters is 2. The van der Waals surface area contributed by atoms with E-state index in [1.54, 1.807) is 7.11 Å². The van der Waals surface area contributed by atoms with Crippen LogP contribution in [0.25, 0.3) is 0 Å². The van der Waals surface area contributed by atoms with Gasteiger partial charge in [-0.15, -0.1) is 0 Å². The molecule has 0 spiro atoms. The van der Waals surface area contributed by atoms with Crippen LogP contribution in [0.4, 0.5) is 0 Å². The van der Waals surface area contributed by atoms with Crippen LogP contribution in [0.15, 0.2) is 54.6 Å². The van der Waals surface area contributed by atoms with Crippen molar-refractivity contribution in [2.75, 3.05) is 21.3 Å². The molecule has 0 aliphatic heterocycles. The quantitative estimate of drug-likeness (QED) is 0.539. The number of aromatic hydroxyl groups is 1. The van der Waals surface area contributed by atoms with Crippen LogP contribution in [0.3, 0.4) is 0 Å². The maximum atomic E-state index is 12.6. The molecule has 1 aromatic heterocycles. The van der Waals surface area contributed by atoms with Gasteiger partial charge < -0.3 is 19.3 Å². The van der Waals surface area contributed by atoms with Gasteiger partial charge in [-0.1, -0.05) is 42.5 Å². The lowest BCUT2D eigenvalue weighted by atomic mass is 9.97. The normalized spacial score (nSPS) is 10.5. The molecule has 0 radical (unpaired) electrons. The molecular weight excluding hydrogens is 410 g/mol. The molecule has 0 amide bonds. The molecule has 0 saturated carbocycles. The van der Waals surface area contributed by atoms with Gasteiger partial charge in [-0.2, -0.15) is 0 Å². The second-order valence-corrected chi connectivity index (χ2v) is 7.10. The van der Waals surface area contributed by atoms with E-state index in [2.05, 4.69) is 4.98 Å². The number of aromatic nitrogens is 1. The summed E-state index contributed by atoms with van der Waals surface area (Å²) in [5, 5.41) is 10.9. The summed E-state index contributed by atoms with van der Waals surface area (Å²) in [6, 6.07) is 17.0. The molecule has 0 fully saturated rings. The fraction of sp³-hybridized carbons (Fsp3) is 0.240. The van der Waals surface area contributed by atoms with Crippen LogP contribution in [0.5, 0.6) is 11.5 Å². The van der Waals surface area contributed by atoms with Gasteiger partial charge >= 0.3 is 11.9 Å². The zero-order valence-electron chi connectivity index (χ0n) is 18.3. The summed E-state index contributed by atoms with van der Waals surface area (Å²) in [5.41, 5.74) is 2.23. The SMILES string of the molecule is COC(=O)c1c(CCc2ccc(OC)cc2)nc(Cc2ccccc2)c(O)c1C(=O)OC. The number of rotatable bonds is 8. The predicted molar refractivity (Wildman–Crippen MR) is 118 cm³/mol. The van der Waals surface area contributed by atoms with Gasteiger partial charge in [-0.3, -0.25) is 4.98 Å². The minimum Gasteiger partial charge on any atom is -0.505 e. The number of pyridine rings is 1. The summed E-state index contributed by atoms with van der Waals surface area (Å²) in [6.07, 6.45) is 1.19. The smallest absolute Gasteiger partial charge is 0.342 e. The lowest BCUT2D eigenvalue weighted by molar-refractivity contribution is 0.0550. The summed E-state index contributed by atoms with van der Waals surface area (Å²) in [6.45, 7) is 0. The maximum absolute atomic E-state index is 12.6. The minimum atomic E-state index is -0.828. The first-order chi connectivity index (χ1) is 15.5. The molecule has 0 aliphatic carbocycles. The van der Waals surface area contributed by atoms with E-state index >= 15 is 0 Å². The minimum absolute atomic E-state index is 0.0813. The summed E-state index contributed by atoms with van der Waals surface area (Å²) >= 11 is 0. The second kappa shape index (κ2) is 10.4. The number of carbonyl (C=O) groups excluding carboxylic acids is 2. The van der Waals surface area contributed by atoms with Gasteiger partial charge in [0.25, 0.3) is 0 Å². The van der Waals surface area contributed by atoms with Crippen LogP contribution in [-0.2, 0) is 28.7 Å². The molecule has 0 bridgehead atoms. The average molecular weight is 435 g/mol. The van der Waals surface area contributed by atoms with Crippen LogP contribution >= 0.6 is 0 Å². The Kier molecular flexibility index (Phi) is 7.44. The number of carbonyl (C=O) groups is 2. The lowest BCUT2D eigenvalue weighted by Gasteiger charge is -2.16. The van der Waals surface area contributed by atoms with Crippen LogP contribution in [0.1, 0.15) is 43.2 Å². The highest BCUT2D eigenvalue weighted by molar-refractivity contribution is 6.06. The second-order valence-electron chi connectivity index (χ2n) is 7.10. The molecule has 0 atom stereocenters. The van der Waals surface area contributed by atoms with Crippen molar-refractivity contribution in [3.63, 3.8) is 0 Å². The lowest BCUT2D eigenvalue weighted by Crippen LogP contribution is -2.18. The first-order valence-corrected chi connectivity index (χ1v) is 10.1. The van der Waals surface area contributed by atoms with E-state index < -0.39 is 11.9 Å². The Bertz CT molecular complexity index is 1090. The van der Waals surface area contributed by atoms with Crippen LogP contribution in [-0.4, -0.2) is 43.4 Å². The molecule has 1 heterocycles. The zero-order valence-corrected chi connectivity index (χ0v) is 18.3. The Morgan fingerprint density at radius 1 is 0.781 bits per heavy atom. The number of aryl methyl sites for hydroxylation is 2. The van der Waals surface area contributed by atoms with Crippen molar-refractivity contribution in [3.8, 4) is 11.5 Å². The number of hydrogen-bond acceptors (Lipinski definition) is 7. The van der Waals surface area contributed by atoms with Gasteiger partial charge in [0.15, 0.2) is 5.75 Å². The van der Waals surface area contributed by atoms with E-state index in [0.717, 1.165) is 16.9 Å². The standard InChI is InChI=1S/C25H25NO6/c1-30-18-12-9-16(10-13-18)11-14-19-21(24(28)31-2)22(25(29)32-3)23(27)20(26-19)15-17-7-5-4-6-8-17/h4-10,12-13,27H,11,14-15H2,1-3H3. The highest BCUT2D eigenvalue weighted by Gasteiger charge is 2.29. The fourth-order valence-corrected chi connectivity index (χ4v) is 3.45. The molecule has 7 heteroatoms. The molecule has 7 nitrogen and oxygen atoms in total. The van der Waals surface area contributed by atoms with Gasteiger partial charge in [0.2, 0.25) is 0 Å². The van der Waals surface area contributed by atoms with Crippen molar-refractivity contribution < 1.29 is 28.9 Å². The summed E-state index contributed by atoms with van der Waals surface area (Å²) in [4.78, 5) is 29.7. The molecule has 3 aromatic rings. The highest BCUT2D eigenvalue weighted by atomic mass is 16.5. The Balaban J connectivity index is 2.07. The third-order valence-corrected chi connectivity index (χ3v) is 5.12. The maximum Gasteiger partial charge on any atom is 0.342 e. The van der Waals surface area contributed by atoms with E-state index in [-0.39, 0.29) is 29.0 Å². The van der Waals surface area contributed by atoms with Crippen molar-refractivity contribution in [1.82, 2.24) is 4.98 Å². The Morgan fingerprint density at radius 2 is 1.41 bits per heavy atom. The number of methoxy groups -OCH3 is 3. The predicted octanol–water partition coefficient (Wildman–Crippen LogP) is 3.75. The van der Waals surface area contributed by atoms with Gasteiger partial charge in [0.05, 0.1) is 38.3 Å². The number of ether oxygens (including phenoxy) is 3. The third-order valence-electron chi connectivity index (χ3n) is 5.12. The molecular formula is C25H25NO6. The monoisotopic (exact) mass is 435 g/mol. The highest BCUT2D eigenvalue weighted by Crippen LogP contribution is 2.31. The summed E-state index contributed by atoms with van der Waals surface area (Å²) in [5.74, 6) is -1.23. The zero-order chi connectivity index (χ0) is 23.1. The molecule has 2 aromatic carbocycles. The van der Waals surface area contributed by atoms with E-state index in [1.165, 1.54) is 14.2 Å². The van der Waals surface area contributed by atoms with E-state index in [0.29, 0.717) is 18.5 Å². The Hall–Kier alpha value is -3.87. The van der Waals surface area contributed by atoms with Crippen molar-refractivity contribution >= 4 is 11.9 Å². The van der Waals surface area contributed by atoms with Crippen molar-refractivity contribution in [3.05, 3.63) is 88.2 Å². The molecule has 0 saturated heterocycles. The van der Waals surface area contributed by atoms with Crippen LogP contribution in [0, 0.1) is 0 Å². The molecule has 0 aliphatic rings. The fourth-order valence-electron chi connectivity index (χ4n) is 3.45. The van der Waals surface area contributed by atoms with Crippen LogP contribution < -0.4 is 4.74 Å². The summed E-state index contributed by atoms with van der Waals surface area (Å²) < 4.78 is 14.9. The first kappa shape index (κ1) is 22.8. The number of hydrogen-bond donors (Lipinski definition) is 1. The van der Waals surface area contributed by atoms with Crippen molar-refractivity contribution in [2.24, 2.45) is 0 Å². The molecule has 0 unspecified atom stereocenters. The van der Waals surface area contributed by atoms with Gasteiger partial charge in [-0.25, -0.2) is 9.59 Å². The number of benzene rings is 2. The van der Waals surface area contributed by atoms with E-state index in [9.17, 15) is 14.7 Å². The topological polar surface area (TPSA) is 95.0 Å². The van der Waals surface area contributed by atoms with E-state index in [1.807, 2.05) is 54.6 Å². The molecule has 1 N–H and O–H groups in total. The molecule has 3 rings (SSSR count).